The lowest BCUT2D eigenvalue weighted by molar-refractivity contribution is -0.189. The predicted molar refractivity (Wildman–Crippen MR) is 197 cm³/mol. The molecule has 0 radical (unpaired) electrons. The largest absolute Gasteiger partial charge is 0.457 e. The molecule has 0 saturated heterocycles. The zero-order valence-corrected chi connectivity index (χ0v) is 30.8. The number of hydrogen-bond donors (Lipinski definition) is 6. The summed E-state index contributed by atoms with van der Waals surface area (Å²) in [6, 6.07) is 9.84. The molecule has 7 N–H and O–H groups in total. The average molecular weight is 763 g/mol. The molecule has 0 spiro atoms. The van der Waals surface area contributed by atoms with Crippen molar-refractivity contribution in [2.24, 2.45) is 5.73 Å². The number of nitrogens with one attached hydrogen (secondary N) is 5. The molecule has 294 valence electrons. The number of benzene rings is 1. The minimum atomic E-state index is -1.99. The van der Waals surface area contributed by atoms with Gasteiger partial charge in [0.25, 0.3) is 5.56 Å². The molecule has 2 atom stereocenters. The first kappa shape index (κ1) is 40.6. The van der Waals surface area contributed by atoms with Crippen molar-refractivity contribution in [1.29, 1.82) is 0 Å². The van der Waals surface area contributed by atoms with Gasteiger partial charge in [0.1, 0.15) is 25.0 Å². The van der Waals surface area contributed by atoms with Gasteiger partial charge in [-0.15, -0.1) is 0 Å². The molecular weight excluding hydrogens is 716 g/mol. The van der Waals surface area contributed by atoms with Gasteiger partial charge in [0.2, 0.25) is 23.3 Å². The number of nitrogens with two attached hydrogens (primary N) is 1. The van der Waals surface area contributed by atoms with Crippen LogP contribution in [-0.2, 0) is 61.7 Å². The Morgan fingerprint density at radius 3 is 2.53 bits per heavy atom. The highest BCUT2D eigenvalue weighted by atomic mass is 16.6. The van der Waals surface area contributed by atoms with Crippen molar-refractivity contribution in [3.8, 4) is 11.4 Å². The summed E-state index contributed by atoms with van der Waals surface area (Å²) in [4.78, 5) is 95.1. The van der Waals surface area contributed by atoms with Crippen molar-refractivity contribution in [2.75, 3.05) is 45.9 Å². The Hall–Kier alpha value is -5.56. The first-order valence-electron chi connectivity index (χ1n) is 18.1. The van der Waals surface area contributed by atoms with Crippen LogP contribution >= 0.6 is 0 Å². The molecule has 5 rings (SSSR count). The summed E-state index contributed by atoms with van der Waals surface area (Å²) >= 11 is 0. The SMILES string of the molecule is CCC1(OC(=O)CNC(=O)C[C@H](NC(=O)CCOCCC(C)=O)C(=O)NCCNNCCN)C(=O)OCc2c1cc1n(c2=O)Cc2cc3ccccc3nc2-1. The second-order valence-corrected chi connectivity index (χ2v) is 13.1. The monoisotopic (exact) mass is 762 g/mol. The van der Waals surface area contributed by atoms with Gasteiger partial charge >= 0.3 is 11.9 Å². The van der Waals surface area contributed by atoms with E-state index in [0.717, 1.165) is 16.5 Å². The van der Waals surface area contributed by atoms with E-state index in [1.54, 1.807) is 17.6 Å². The Bertz CT molecular complexity index is 2020. The number of Topliss-reactive ketones (excluding diaryl/α,β-unsaturated/α-hetero) is 1. The molecule has 0 bridgehead atoms. The van der Waals surface area contributed by atoms with Crippen molar-refractivity contribution in [2.45, 2.75) is 64.3 Å². The maximum atomic E-state index is 13.8. The van der Waals surface area contributed by atoms with E-state index < -0.39 is 59.8 Å². The number of rotatable bonds is 20. The Balaban J connectivity index is 1.25. The molecule has 18 nitrogen and oxygen atoms in total. The topological polar surface area (TPSA) is 251 Å². The lowest BCUT2D eigenvalue weighted by Gasteiger charge is -2.35. The van der Waals surface area contributed by atoms with E-state index in [-0.39, 0.29) is 69.1 Å². The second kappa shape index (κ2) is 18.7. The minimum absolute atomic E-state index is 0.0117. The normalized spacial score (nSPS) is 15.9. The Morgan fingerprint density at radius 2 is 1.76 bits per heavy atom. The summed E-state index contributed by atoms with van der Waals surface area (Å²) in [6.45, 7) is 3.77. The summed E-state index contributed by atoms with van der Waals surface area (Å²) < 4.78 is 18.0. The number of ketones is 1. The molecule has 1 aromatic carbocycles. The Morgan fingerprint density at radius 1 is 1.00 bits per heavy atom. The van der Waals surface area contributed by atoms with Crippen molar-refractivity contribution in [1.82, 2.24) is 36.4 Å². The highest BCUT2D eigenvalue weighted by molar-refractivity contribution is 5.93. The number of cyclic esters (lactones) is 1. The van der Waals surface area contributed by atoms with Crippen LogP contribution in [0.3, 0.4) is 0 Å². The maximum Gasteiger partial charge on any atom is 0.355 e. The van der Waals surface area contributed by atoms with Gasteiger partial charge in [0, 0.05) is 55.5 Å². The maximum absolute atomic E-state index is 13.8. The van der Waals surface area contributed by atoms with E-state index in [4.69, 9.17) is 24.9 Å². The molecule has 4 heterocycles. The molecule has 3 aromatic rings. The smallest absolute Gasteiger partial charge is 0.355 e. The average Bonchev–Trinajstić information content (AvgIpc) is 3.52. The van der Waals surface area contributed by atoms with Gasteiger partial charge in [-0.3, -0.25) is 39.6 Å². The third kappa shape index (κ3) is 9.76. The van der Waals surface area contributed by atoms with Crippen LogP contribution in [-0.4, -0.2) is 97.0 Å². The lowest BCUT2D eigenvalue weighted by Crippen LogP contribution is -2.51. The highest BCUT2D eigenvalue weighted by Gasteiger charge is 2.50. The number of aromatic nitrogens is 2. The van der Waals surface area contributed by atoms with Gasteiger partial charge in [0.15, 0.2) is 0 Å². The second-order valence-electron chi connectivity index (χ2n) is 13.1. The zero-order valence-electron chi connectivity index (χ0n) is 30.8. The van der Waals surface area contributed by atoms with Gasteiger partial charge < -0.3 is 40.5 Å². The van der Waals surface area contributed by atoms with E-state index in [0.29, 0.717) is 31.0 Å². The van der Waals surface area contributed by atoms with Crippen molar-refractivity contribution in [3.63, 3.8) is 0 Å². The number of carbonyl (C=O) groups excluding carboxylic acids is 6. The number of amides is 3. The predicted octanol–water partition coefficient (Wildman–Crippen LogP) is -0.823. The number of fused-ring (bicyclic) bond motifs is 5. The summed E-state index contributed by atoms with van der Waals surface area (Å²) in [5.74, 6) is -3.94. The molecule has 1 unspecified atom stereocenters. The van der Waals surface area contributed by atoms with Gasteiger partial charge in [-0.1, -0.05) is 25.1 Å². The standard InChI is InChI=1S/C37H46N8O10/c1-3-37(26-17-29-33-24(16-23-6-4-5-7-27(23)44-33)20-45(29)35(51)25(26)21-54-36(37)52)55-32(49)19-40-31(48)18-28(34(50)39-12-13-42-41-11-10-38)43-30(47)9-15-53-14-8-22(2)46/h4-7,16-17,28,41-42H,3,8-15,18-21,38H2,1-2H3,(H,39,50)(H,40,48)(H,43,47)/t28-,37?/m0/s1. The first-order chi connectivity index (χ1) is 26.5. The number of esters is 2. The van der Waals surface area contributed by atoms with Gasteiger partial charge in [-0.05, 0) is 31.5 Å². The van der Waals surface area contributed by atoms with Crippen LogP contribution < -0.4 is 38.1 Å². The fourth-order valence-electron chi connectivity index (χ4n) is 6.32. The number of hydrazine groups is 1. The van der Waals surface area contributed by atoms with Gasteiger partial charge in [0.05, 0.1) is 48.6 Å². The van der Waals surface area contributed by atoms with Crippen molar-refractivity contribution < 1.29 is 43.0 Å². The van der Waals surface area contributed by atoms with Crippen LogP contribution in [0.5, 0.6) is 0 Å². The van der Waals surface area contributed by atoms with E-state index in [1.807, 2.05) is 30.3 Å². The van der Waals surface area contributed by atoms with Crippen LogP contribution in [0.15, 0.2) is 41.2 Å². The zero-order chi connectivity index (χ0) is 39.5. The highest BCUT2D eigenvalue weighted by Crippen LogP contribution is 2.40. The number of pyridine rings is 2. The summed E-state index contributed by atoms with van der Waals surface area (Å²) in [5.41, 5.74) is 11.7. The molecule has 2 aliphatic heterocycles. The number of hydrogen-bond acceptors (Lipinski definition) is 14. The number of nitrogens with zero attached hydrogens (tertiary/aromatic N) is 2. The Labute approximate surface area is 316 Å². The molecule has 2 aromatic heterocycles. The molecule has 18 heteroatoms. The van der Waals surface area contributed by atoms with E-state index >= 15 is 0 Å². The van der Waals surface area contributed by atoms with Crippen molar-refractivity contribution in [3.05, 3.63) is 63.4 Å². The van der Waals surface area contributed by atoms with E-state index in [1.165, 1.54) is 6.92 Å². The molecule has 55 heavy (non-hydrogen) atoms. The van der Waals surface area contributed by atoms with E-state index in [9.17, 15) is 33.6 Å². The third-order valence-corrected chi connectivity index (χ3v) is 9.16. The minimum Gasteiger partial charge on any atom is -0.457 e. The summed E-state index contributed by atoms with van der Waals surface area (Å²) in [5, 5.41) is 8.45. The summed E-state index contributed by atoms with van der Waals surface area (Å²) in [7, 11) is 0. The number of para-hydroxylation sites is 1. The molecule has 0 fully saturated rings. The first-order valence-corrected chi connectivity index (χ1v) is 18.1. The van der Waals surface area contributed by atoms with Crippen LogP contribution in [0, 0.1) is 0 Å². The van der Waals surface area contributed by atoms with Crippen LogP contribution in [0.25, 0.3) is 22.3 Å². The van der Waals surface area contributed by atoms with Gasteiger partial charge in [-0.2, -0.15) is 0 Å². The lowest BCUT2D eigenvalue weighted by atomic mass is 9.85. The quantitative estimate of drug-likeness (QED) is 0.0366. The Kier molecular flexibility index (Phi) is 13.8. The fourth-order valence-corrected chi connectivity index (χ4v) is 6.32. The molecule has 2 aliphatic rings. The molecular formula is C37H46N8O10. The molecule has 0 aliphatic carbocycles. The molecule has 3 amide bonds. The fraction of sp³-hybridized carbons (Fsp3) is 0.459. The van der Waals surface area contributed by atoms with Crippen LogP contribution in [0.1, 0.15) is 56.2 Å². The number of carbonyl (C=O) groups is 6. The van der Waals surface area contributed by atoms with Crippen LogP contribution in [0.2, 0.25) is 0 Å². The third-order valence-electron chi connectivity index (χ3n) is 9.16. The van der Waals surface area contributed by atoms with Crippen LogP contribution in [0.4, 0.5) is 0 Å². The number of ether oxygens (including phenoxy) is 3. The van der Waals surface area contributed by atoms with E-state index in [2.05, 4.69) is 26.8 Å². The van der Waals surface area contributed by atoms with Gasteiger partial charge in [-0.25, -0.2) is 9.78 Å². The van der Waals surface area contributed by atoms with Crippen molar-refractivity contribution >= 4 is 46.3 Å². The summed E-state index contributed by atoms with van der Waals surface area (Å²) in [6.07, 6.45) is -0.561. The molecule has 0 saturated carbocycles.